The maximum Gasteiger partial charge on any atom is 0.339 e. The van der Waals surface area contributed by atoms with Crippen molar-refractivity contribution in [3.63, 3.8) is 0 Å². The summed E-state index contributed by atoms with van der Waals surface area (Å²) >= 11 is 0. The highest BCUT2D eigenvalue weighted by Gasteiger charge is 2.12. The smallest absolute Gasteiger partial charge is 0.339 e. The van der Waals surface area contributed by atoms with Gasteiger partial charge in [-0.15, -0.1) is 0 Å². The first kappa shape index (κ1) is 21.8. The first-order chi connectivity index (χ1) is 15.5. The molecule has 0 aliphatic heterocycles. The molecule has 160 valence electrons. The fourth-order valence-electron chi connectivity index (χ4n) is 2.34. The summed E-state index contributed by atoms with van der Waals surface area (Å²) in [5.74, 6) is -1.65. The number of carbonyl (C=O) groups is 2. The maximum atomic E-state index is 10.9. The van der Waals surface area contributed by atoms with Crippen LogP contribution in [0.15, 0.2) is 85.5 Å². The summed E-state index contributed by atoms with van der Waals surface area (Å²) in [6.07, 6.45) is 6.08. The van der Waals surface area contributed by atoms with Crippen LogP contribution in [-0.4, -0.2) is 42.1 Å². The standard InChI is InChI=1S/2C11H8N2O3/c2*14-10(15)8-4-1-2-5-9(8)16-11-12-6-3-7-13-11/h2*1-7H,(H,14,15). The van der Waals surface area contributed by atoms with E-state index in [-0.39, 0.29) is 34.6 Å². The second-order valence-corrected chi connectivity index (χ2v) is 5.87. The predicted molar refractivity (Wildman–Crippen MR) is 111 cm³/mol. The number of benzene rings is 2. The van der Waals surface area contributed by atoms with Crippen molar-refractivity contribution in [2.75, 3.05) is 0 Å². The van der Waals surface area contributed by atoms with Gasteiger partial charge in [0.1, 0.15) is 22.6 Å². The van der Waals surface area contributed by atoms with E-state index in [1.807, 2.05) is 0 Å². The summed E-state index contributed by atoms with van der Waals surface area (Å²) in [5.41, 5.74) is 0.157. The molecule has 0 spiro atoms. The van der Waals surface area contributed by atoms with Crippen molar-refractivity contribution in [3.8, 4) is 23.5 Å². The van der Waals surface area contributed by atoms with Gasteiger partial charge in [-0.1, -0.05) is 24.3 Å². The normalized spacial score (nSPS) is 9.75. The highest BCUT2D eigenvalue weighted by molar-refractivity contribution is 5.91. The van der Waals surface area contributed by atoms with Crippen LogP contribution in [0.2, 0.25) is 0 Å². The number of hydrogen-bond donors (Lipinski definition) is 2. The molecule has 0 aliphatic carbocycles. The van der Waals surface area contributed by atoms with E-state index in [2.05, 4.69) is 19.9 Å². The highest BCUT2D eigenvalue weighted by atomic mass is 16.5. The van der Waals surface area contributed by atoms with Gasteiger partial charge in [-0.2, -0.15) is 0 Å². The Kier molecular flexibility index (Phi) is 7.36. The van der Waals surface area contributed by atoms with Gasteiger partial charge < -0.3 is 19.7 Å². The molecular weight excluding hydrogens is 416 g/mol. The molecule has 0 amide bonds. The van der Waals surface area contributed by atoms with E-state index in [0.29, 0.717) is 0 Å². The molecule has 4 rings (SSSR count). The van der Waals surface area contributed by atoms with Gasteiger partial charge in [0.2, 0.25) is 0 Å². The molecule has 4 aromatic rings. The maximum absolute atomic E-state index is 10.9. The van der Waals surface area contributed by atoms with Gasteiger partial charge in [0.15, 0.2) is 0 Å². The average Bonchev–Trinajstić information content (AvgIpc) is 2.81. The fourth-order valence-corrected chi connectivity index (χ4v) is 2.34. The summed E-state index contributed by atoms with van der Waals surface area (Å²) in [5, 5.41) is 17.8. The summed E-state index contributed by atoms with van der Waals surface area (Å²) in [6, 6.07) is 16.2. The number of hydrogen-bond acceptors (Lipinski definition) is 8. The third-order valence-corrected chi connectivity index (χ3v) is 3.72. The third kappa shape index (κ3) is 6.07. The number of carboxylic acids is 2. The second kappa shape index (κ2) is 10.8. The number of rotatable bonds is 6. The second-order valence-electron chi connectivity index (χ2n) is 5.87. The van der Waals surface area contributed by atoms with Crippen molar-refractivity contribution in [1.82, 2.24) is 19.9 Å². The zero-order chi connectivity index (χ0) is 22.8. The monoisotopic (exact) mass is 432 g/mol. The molecule has 0 saturated carbocycles. The fraction of sp³-hybridized carbons (Fsp3) is 0. The van der Waals surface area contributed by atoms with Crippen molar-refractivity contribution in [1.29, 1.82) is 0 Å². The van der Waals surface area contributed by atoms with Gasteiger partial charge in [0.25, 0.3) is 0 Å². The number of para-hydroxylation sites is 2. The lowest BCUT2D eigenvalue weighted by atomic mass is 10.2. The van der Waals surface area contributed by atoms with Gasteiger partial charge in [0, 0.05) is 24.8 Å². The molecule has 0 unspecified atom stereocenters. The van der Waals surface area contributed by atoms with E-state index in [1.165, 1.54) is 36.9 Å². The number of nitrogens with zero attached hydrogens (tertiary/aromatic N) is 4. The lowest BCUT2D eigenvalue weighted by Crippen LogP contribution is -2.00. The highest BCUT2D eigenvalue weighted by Crippen LogP contribution is 2.23. The van der Waals surface area contributed by atoms with Crippen LogP contribution in [0.25, 0.3) is 0 Å². The minimum absolute atomic E-state index is 0.0787. The zero-order valence-electron chi connectivity index (χ0n) is 16.4. The largest absolute Gasteiger partial charge is 0.478 e. The number of aromatic carboxylic acids is 2. The van der Waals surface area contributed by atoms with Gasteiger partial charge in [-0.25, -0.2) is 29.5 Å². The summed E-state index contributed by atoms with van der Waals surface area (Å²) in [6.45, 7) is 0. The van der Waals surface area contributed by atoms with Crippen LogP contribution in [-0.2, 0) is 0 Å². The van der Waals surface area contributed by atoms with Crippen LogP contribution in [0.3, 0.4) is 0 Å². The predicted octanol–water partition coefficient (Wildman–Crippen LogP) is 3.93. The van der Waals surface area contributed by atoms with Crippen LogP contribution >= 0.6 is 0 Å². The van der Waals surface area contributed by atoms with E-state index in [0.717, 1.165) is 0 Å². The number of aromatic nitrogens is 4. The van der Waals surface area contributed by atoms with Crippen molar-refractivity contribution < 1.29 is 29.3 Å². The van der Waals surface area contributed by atoms with Gasteiger partial charge in [0.05, 0.1) is 0 Å². The van der Waals surface area contributed by atoms with E-state index < -0.39 is 11.9 Å². The molecule has 10 heteroatoms. The van der Waals surface area contributed by atoms with Crippen LogP contribution in [0.1, 0.15) is 20.7 Å². The minimum Gasteiger partial charge on any atom is -0.478 e. The first-order valence-electron chi connectivity index (χ1n) is 9.09. The SMILES string of the molecule is O=C(O)c1ccccc1Oc1ncccn1.O=C(O)c1ccccc1Oc1ncccn1. The molecule has 0 radical (unpaired) electrons. The van der Waals surface area contributed by atoms with Crippen LogP contribution in [0.4, 0.5) is 0 Å². The van der Waals surface area contributed by atoms with Crippen molar-refractivity contribution in [2.24, 2.45) is 0 Å². The Morgan fingerprint density at radius 1 is 0.562 bits per heavy atom. The summed E-state index contributed by atoms with van der Waals surface area (Å²) < 4.78 is 10.5. The molecule has 0 bridgehead atoms. The molecule has 0 fully saturated rings. The third-order valence-electron chi connectivity index (χ3n) is 3.72. The van der Waals surface area contributed by atoms with E-state index in [1.54, 1.807) is 48.5 Å². The lowest BCUT2D eigenvalue weighted by Gasteiger charge is -2.05. The Hall–Kier alpha value is -4.86. The quantitative estimate of drug-likeness (QED) is 0.459. The zero-order valence-corrected chi connectivity index (χ0v) is 16.4. The molecule has 0 saturated heterocycles. The lowest BCUT2D eigenvalue weighted by molar-refractivity contribution is 0.0682. The number of ether oxygens (including phenoxy) is 2. The van der Waals surface area contributed by atoms with Crippen molar-refractivity contribution >= 4 is 11.9 Å². The van der Waals surface area contributed by atoms with E-state index >= 15 is 0 Å². The van der Waals surface area contributed by atoms with Gasteiger partial charge >= 0.3 is 24.0 Å². The van der Waals surface area contributed by atoms with Gasteiger partial charge in [-0.05, 0) is 36.4 Å². The van der Waals surface area contributed by atoms with E-state index in [4.69, 9.17) is 19.7 Å². The Labute approximate surface area is 181 Å². The molecule has 2 aromatic heterocycles. The molecule has 2 aromatic carbocycles. The molecule has 10 nitrogen and oxygen atoms in total. The summed E-state index contributed by atoms with van der Waals surface area (Å²) in [4.78, 5) is 37.2. The minimum atomic E-state index is -1.05. The van der Waals surface area contributed by atoms with Crippen molar-refractivity contribution in [2.45, 2.75) is 0 Å². The van der Waals surface area contributed by atoms with Crippen LogP contribution in [0.5, 0.6) is 23.5 Å². The van der Waals surface area contributed by atoms with Crippen LogP contribution < -0.4 is 9.47 Å². The average molecular weight is 432 g/mol. The van der Waals surface area contributed by atoms with Crippen LogP contribution in [0, 0.1) is 0 Å². The molecule has 2 heterocycles. The Bertz CT molecular complexity index is 1090. The first-order valence-corrected chi connectivity index (χ1v) is 9.09. The molecule has 0 atom stereocenters. The Balaban J connectivity index is 0.000000181. The molecule has 0 aliphatic rings. The van der Waals surface area contributed by atoms with E-state index in [9.17, 15) is 9.59 Å². The van der Waals surface area contributed by atoms with Gasteiger partial charge in [-0.3, -0.25) is 0 Å². The van der Waals surface area contributed by atoms with Crippen molar-refractivity contribution in [3.05, 3.63) is 96.6 Å². The molecule has 2 N–H and O–H groups in total. The molecular formula is C22H16N4O6. The summed E-state index contributed by atoms with van der Waals surface area (Å²) in [7, 11) is 0. The Morgan fingerprint density at radius 3 is 1.25 bits per heavy atom. The molecule has 32 heavy (non-hydrogen) atoms. The topological polar surface area (TPSA) is 145 Å². The number of carboxylic acid groups (broad SMARTS) is 2. The Morgan fingerprint density at radius 2 is 0.906 bits per heavy atom.